The van der Waals surface area contributed by atoms with Gasteiger partial charge in [-0.3, -0.25) is 4.90 Å². The first-order valence-electron chi connectivity index (χ1n) is 5.08. The molecule has 0 radical (unpaired) electrons. The normalized spacial score (nSPS) is 29.0. The van der Waals surface area contributed by atoms with Crippen molar-refractivity contribution in [3.05, 3.63) is 0 Å². The van der Waals surface area contributed by atoms with Gasteiger partial charge in [0.15, 0.2) is 0 Å². The maximum absolute atomic E-state index is 11.1. The molecule has 1 heterocycles. The molecule has 1 amide bonds. The molecule has 1 fully saturated rings. The van der Waals surface area contributed by atoms with E-state index in [4.69, 9.17) is 10.8 Å². The highest BCUT2D eigenvalue weighted by Gasteiger charge is 2.46. The second-order valence-corrected chi connectivity index (χ2v) is 5.07. The smallest absolute Gasteiger partial charge is 0.408 e. The van der Waals surface area contributed by atoms with Crippen molar-refractivity contribution in [1.82, 2.24) is 4.90 Å². The number of hydrogen-bond acceptors (Lipinski definition) is 2. The number of carboxylic acid groups (broad SMARTS) is 1. The van der Waals surface area contributed by atoms with Crippen molar-refractivity contribution in [2.45, 2.75) is 45.7 Å². The third-order valence-electron chi connectivity index (χ3n) is 3.20. The molecule has 0 bridgehead atoms. The van der Waals surface area contributed by atoms with Gasteiger partial charge in [-0.15, -0.1) is 0 Å². The Morgan fingerprint density at radius 1 is 1.43 bits per heavy atom. The lowest BCUT2D eigenvalue weighted by atomic mass is 9.75. The molecule has 0 spiro atoms. The number of rotatable bonds is 0. The predicted octanol–water partition coefficient (Wildman–Crippen LogP) is 1.85. The van der Waals surface area contributed by atoms with Crippen LogP contribution in [0.5, 0.6) is 0 Å². The first-order chi connectivity index (χ1) is 6.29. The second-order valence-electron chi connectivity index (χ2n) is 5.07. The molecule has 0 aliphatic carbocycles. The molecule has 1 atom stereocenters. The number of likely N-dealkylation sites (tertiary alicyclic amines) is 1. The van der Waals surface area contributed by atoms with Crippen LogP contribution in [0.1, 0.15) is 40.0 Å². The van der Waals surface area contributed by atoms with Gasteiger partial charge in [0.05, 0.1) is 5.66 Å². The van der Waals surface area contributed by atoms with Gasteiger partial charge < -0.3 is 10.8 Å². The molecule has 1 saturated heterocycles. The van der Waals surface area contributed by atoms with Gasteiger partial charge in [0.25, 0.3) is 0 Å². The van der Waals surface area contributed by atoms with Crippen molar-refractivity contribution < 1.29 is 9.90 Å². The zero-order valence-corrected chi connectivity index (χ0v) is 9.21. The fraction of sp³-hybridized carbons (Fsp3) is 0.900. The van der Waals surface area contributed by atoms with Crippen LogP contribution < -0.4 is 5.73 Å². The van der Waals surface area contributed by atoms with Gasteiger partial charge in [0.2, 0.25) is 0 Å². The number of nitrogens with zero attached hydrogens (tertiary/aromatic N) is 1. The molecule has 14 heavy (non-hydrogen) atoms. The number of amides is 1. The minimum absolute atomic E-state index is 0.216. The van der Waals surface area contributed by atoms with E-state index in [0.29, 0.717) is 6.54 Å². The van der Waals surface area contributed by atoms with E-state index in [2.05, 4.69) is 0 Å². The summed E-state index contributed by atoms with van der Waals surface area (Å²) in [4.78, 5) is 12.5. The maximum atomic E-state index is 11.1. The van der Waals surface area contributed by atoms with Crippen molar-refractivity contribution in [1.29, 1.82) is 0 Å². The Kier molecular flexibility index (Phi) is 2.76. The summed E-state index contributed by atoms with van der Waals surface area (Å²) in [5, 5.41) is 9.08. The molecule has 4 heteroatoms. The fourth-order valence-electron chi connectivity index (χ4n) is 2.05. The lowest BCUT2D eigenvalue weighted by Crippen LogP contribution is -2.67. The van der Waals surface area contributed by atoms with E-state index in [1.165, 1.54) is 4.90 Å². The van der Waals surface area contributed by atoms with Crippen molar-refractivity contribution in [3.8, 4) is 0 Å². The first-order valence-corrected chi connectivity index (χ1v) is 5.08. The molecule has 0 aromatic carbocycles. The van der Waals surface area contributed by atoms with Crippen LogP contribution in [-0.4, -0.2) is 28.3 Å². The number of piperidine rings is 1. The summed E-state index contributed by atoms with van der Waals surface area (Å²) in [5.74, 6) is 0. The Hall–Kier alpha value is -0.770. The summed E-state index contributed by atoms with van der Waals surface area (Å²) in [6.45, 7) is 6.54. The van der Waals surface area contributed by atoms with E-state index in [-0.39, 0.29) is 5.41 Å². The molecular weight excluding hydrogens is 180 g/mol. The highest BCUT2D eigenvalue weighted by molar-refractivity contribution is 5.66. The molecule has 1 rings (SSSR count). The van der Waals surface area contributed by atoms with Crippen LogP contribution >= 0.6 is 0 Å². The average Bonchev–Trinajstić information content (AvgIpc) is 2.02. The monoisotopic (exact) mass is 200 g/mol. The average molecular weight is 200 g/mol. The van der Waals surface area contributed by atoms with E-state index in [0.717, 1.165) is 19.3 Å². The van der Waals surface area contributed by atoms with E-state index < -0.39 is 11.8 Å². The summed E-state index contributed by atoms with van der Waals surface area (Å²) in [6, 6.07) is 0. The predicted molar refractivity (Wildman–Crippen MR) is 55.0 cm³/mol. The lowest BCUT2D eigenvalue weighted by molar-refractivity contribution is -0.0204. The molecule has 1 aliphatic rings. The van der Waals surface area contributed by atoms with Gasteiger partial charge in [-0.1, -0.05) is 20.8 Å². The van der Waals surface area contributed by atoms with Crippen LogP contribution in [0.3, 0.4) is 0 Å². The van der Waals surface area contributed by atoms with Gasteiger partial charge in [-0.2, -0.15) is 0 Å². The molecular formula is C10H20N2O2. The van der Waals surface area contributed by atoms with Gasteiger partial charge >= 0.3 is 6.09 Å². The van der Waals surface area contributed by atoms with Crippen LogP contribution in [0.25, 0.3) is 0 Å². The molecule has 0 saturated carbocycles. The van der Waals surface area contributed by atoms with Crippen molar-refractivity contribution >= 4 is 6.09 Å². The van der Waals surface area contributed by atoms with Crippen LogP contribution in [0.15, 0.2) is 0 Å². The lowest BCUT2D eigenvalue weighted by Gasteiger charge is -2.50. The molecule has 4 nitrogen and oxygen atoms in total. The Morgan fingerprint density at radius 2 is 2.00 bits per heavy atom. The highest BCUT2D eigenvalue weighted by Crippen LogP contribution is 2.38. The summed E-state index contributed by atoms with van der Waals surface area (Å²) in [6.07, 6.45) is 1.78. The minimum atomic E-state index is -0.901. The van der Waals surface area contributed by atoms with E-state index in [9.17, 15) is 4.79 Å². The quantitative estimate of drug-likeness (QED) is 0.627. The Morgan fingerprint density at radius 3 is 2.36 bits per heavy atom. The van der Waals surface area contributed by atoms with Crippen molar-refractivity contribution in [2.24, 2.45) is 11.1 Å². The Labute approximate surface area is 85.1 Å². The maximum Gasteiger partial charge on any atom is 0.408 e. The zero-order chi connectivity index (χ0) is 11.0. The molecule has 0 aromatic heterocycles. The van der Waals surface area contributed by atoms with Crippen LogP contribution in [-0.2, 0) is 0 Å². The summed E-state index contributed by atoms with van der Waals surface area (Å²) >= 11 is 0. The Balaban J connectivity index is 2.97. The molecule has 3 N–H and O–H groups in total. The van der Waals surface area contributed by atoms with E-state index in [1.54, 1.807) is 0 Å². The van der Waals surface area contributed by atoms with Crippen molar-refractivity contribution in [2.75, 3.05) is 6.54 Å². The van der Waals surface area contributed by atoms with E-state index >= 15 is 0 Å². The molecule has 0 aromatic rings. The number of nitrogens with two attached hydrogens (primary N) is 1. The topological polar surface area (TPSA) is 66.6 Å². The van der Waals surface area contributed by atoms with Crippen LogP contribution in [0.2, 0.25) is 0 Å². The van der Waals surface area contributed by atoms with Crippen molar-refractivity contribution in [3.63, 3.8) is 0 Å². The first kappa shape index (κ1) is 11.3. The summed E-state index contributed by atoms with van der Waals surface area (Å²) in [7, 11) is 0. The standard InChI is InChI=1S/C10H20N2O2/c1-9(2,3)10(11)6-4-5-7-12(10)8(13)14/h4-7,11H2,1-3H3,(H,13,14). The number of hydrogen-bond donors (Lipinski definition) is 2. The summed E-state index contributed by atoms with van der Waals surface area (Å²) < 4.78 is 0. The highest BCUT2D eigenvalue weighted by atomic mass is 16.4. The van der Waals surface area contributed by atoms with E-state index in [1.807, 2.05) is 20.8 Å². The zero-order valence-electron chi connectivity index (χ0n) is 9.21. The van der Waals surface area contributed by atoms with Gasteiger partial charge in [-0.05, 0) is 24.7 Å². The molecule has 1 aliphatic heterocycles. The number of carbonyl (C=O) groups is 1. The SMILES string of the molecule is CC(C)(C)C1(N)CCCCN1C(=O)O. The van der Waals surface area contributed by atoms with Gasteiger partial charge in [0, 0.05) is 6.54 Å². The summed E-state index contributed by atoms with van der Waals surface area (Å²) in [5.41, 5.74) is 5.30. The largest absolute Gasteiger partial charge is 0.465 e. The molecule has 82 valence electrons. The Bertz CT molecular complexity index is 235. The molecule has 1 unspecified atom stereocenters. The fourth-order valence-corrected chi connectivity index (χ4v) is 2.05. The van der Waals surface area contributed by atoms with Gasteiger partial charge in [0.1, 0.15) is 0 Å². The van der Waals surface area contributed by atoms with Gasteiger partial charge in [-0.25, -0.2) is 4.79 Å². The second kappa shape index (κ2) is 3.42. The third kappa shape index (κ3) is 1.71. The minimum Gasteiger partial charge on any atom is -0.465 e. The van der Waals surface area contributed by atoms with Crippen LogP contribution in [0, 0.1) is 5.41 Å². The third-order valence-corrected chi connectivity index (χ3v) is 3.20. The van der Waals surface area contributed by atoms with Crippen LogP contribution in [0.4, 0.5) is 4.79 Å².